The number of ether oxygens (including phenoxy) is 1. The summed E-state index contributed by atoms with van der Waals surface area (Å²) in [5.74, 6) is -1.06. The van der Waals surface area contributed by atoms with Gasteiger partial charge in [0.25, 0.3) is 0 Å². The number of nitrogens with one attached hydrogen (secondary N) is 2. The van der Waals surface area contributed by atoms with Gasteiger partial charge < -0.3 is 20.5 Å². The summed E-state index contributed by atoms with van der Waals surface area (Å²) in [5.41, 5.74) is 4.62. The Morgan fingerprint density at radius 2 is 1.56 bits per heavy atom. The Morgan fingerprint density at radius 3 is 2.16 bits per heavy atom. The molecule has 0 saturated heterocycles. The number of hydrogen-bond acceptors (Lipinski definition) is 4. The number of carboxylic acids is 1. The lowest BCUT2D eigenvalue weighted by Gasteiger charge is -2.17. The van der Waals surface area contributed by atoms with Crippen LogP contribution in [0.4, 0.5) is 4.79 Å². The molecule has 0 fully saturated rings. The van der Waals surface area contributed by atoms with Crippen molar-refractivity contribution in [3.05, 3.63) is 59.7 Å². The van der Waals surface area contributed by atoms with Crippen LogP contribution in [0.5, 0.6) is 0 Å². The van der Waals surface area contributed by atoms with Crippen LogP contribution in [0.2, 0.25) is 0 Å². The van der Waals surface area contributed by atoms with Gasteiger partial charge in [-0.25, -0.2) is 4.79 Å². The van der Waals surface area contributed by atoms with E-state index in [0.717, 1.165) is 11.1 Å². The highest BCUT2D eigenvalue weighted by molar-refractivity contribution is 5.79. The SMILES string of the molecule is CC(CCNC(=O)C[C@H](C)NC(=O)OCC1c2ccccc2-c2ccccc21)CC(=O)O. The van der Waals surface area contributed by atoms with Crippen molar-refractivity contribution in [3.63, 3.8) is 0 Å². The molecule has 2 atom stereocenters. The average molecular weight is 439 g/mol. The van der Waals surface area contributed by atoms with E-state index in [-0.39, 0.29) is 43.2 Å². The molecule has 0 bridgehead atoms. The average Bonchev–Trinajstić information content (AvgIpc) is 3.05. The second kappa shape index (κ2) is 10.8. The molecule has 7 nitrogen and oxygen atoms in total. The summed E-state index contributed by atoms with van der Waals surface area (Å²) in [7, 11) is 0. The second-order valence-corrected chi connectivity index (χ2v) is 8.42. The van der Waals surface area contributed by atoms with Crippen molar-refractivity contribution in [2.75, 3.05) is 13.2 Å². The van der Waals surface area contributed by atoms with E-state index < -0.39 is 12.1 Å². The van der Waals surface area contributed by atoms with Gasteiger partial charge in [-0.1, -0.05) is 55.5 Å². The van der Waals surface area contributed by atoms with Crippen LogP contribution in [0.1, 0.15) is 50.2 Å². The fourth-order valence-corrected chi connectivity index (χ4v) is 4.10. The molecule has 3 rings (SSSR count). The molecule has 1 aliphatic rings. The van der Waals surface area contributed by atoms with E-state index in [9.17, 15) is 14.4 Å². The van der Waals surface area contributed by atoms with E-state index in [0.29, 0.717) is 13.0 Å². The zero-order valence-corrected chi connectivity index (χ0v) is 18.5. The molecule has 2 amide bonds. The lowest BCUT2D eigenvalue weighted by atomic mass is 9.98. The van der Waals surface area contributed by atoms with Crippen LogP contribution in [-0.4, -0.2) is 42.3 Å². The maximum atomic E-state index is 12.3. The van der Waals surface area contributed by atoms with Gasteiger partial charge >= 0.3 is 12.1 Å². The van der Waals surface area contributed by atoms with Gasteiger partial charge in [-0.3, -0.25) is 9.59 Å². The van der Waals surface area contributed by atoms with Crippen molar-refractivity contribution in [2.24, 2.45) is 5.92 Å². The number of benzene rings is 2. The predicted octanol–water partition coefficient (Wildman–Crippen LogP) is 3.92. The van der Waals surface area contributed by atoms with E-state index in [1.54, 1.807) is 6.92 Å². The number of aliphatic carboxylic acids is 1. The Hall–Kier alpha value is -3.35. The minimum Gasteiger partial charge on any atom is -0.481 e. The molecule has 2 aromatic carbocycles. The van der Waals surface area contributed by atoms with E-state index >= 15 is 0 Å². The molecule has 0 heterocycles. The van der Waals surface area contributed by atoms with Gasteiger partial charge in [-0.05, 0) is 41.5 Å². The third kappa shape index (κ3) is 6.09. The minimum absolute atomic E-state index is 0.0100. The number of rotatable bonds is 10. The predicted molar refractivity (Wildman–Crippen MR) is 121 cm³/mol. The maximum absolute atomic E-state index is 12.3. The van der Waals surface area contributed by atoms with E-state index in [2.05, 4.69) is 34.9 Å². The first-order chi connectivity index (χ1) is 15.3. The standard InChI is InChI=1S/C25H30N2O5/c1-16(13-24(29)30)11-12-26-23(28)14-17(2)27-25(31)32-15-22-20-9-5-3-7-18(20)19-8-4-6-10-21(19)22/h3-10,16-17,22H,11-15H2,1-2H3,(H,26,28)(H,27,31)(H,29,30)/t16?,17-/m0/s1. The molecule has 3 N–H and O–H groups in total. The molecule has 0 radical (unpaired) electrons. The zero-order valence-electron chi connectivity index (χ0n) is 18.5. The van der Waals surface area contributed by atoms with Crippen LogP contribution in [0, 0.1) is 5.92 Å². The normalized spacial score (nSPS) is 14.1. The Labute approximate surface area is 188 Å². The van der Waals surface area contributed by atoms with Crippen LogP contribution < -0.4 is 10.6 Å². The van der Waals surface area contributed by atoms with Crippen LogP contribution in [0.3, 0.4) is 0 Å². The van der Waals surface area contributed by atoms with Gasteiger partial charge in [0.2, 0.25) is 5.91 Å². The van der Waals surface area contributed by atoms with Crippen molar-refractivity contribution in [3.8, 4) is 11.1 Å². The van der Waals surface area contributed by atoms with Gasteiger partial charge in [-0.2, -0.15) is 0 Å². The number of carboxylic acid groups (broad SMARTS) is 1. The number of amides is 2. The lowest BCUT2D eigenvalue weighted by Crippen LogP contribution is -2.38. The third-order valence-corrected chi connectivity index (χ3v) is 5.68. The summed E-state index contributed by atoms with van der Waals surface area (Å²) in [6.45, 7) is 4.21. The summed E-state index contributed by atoms with van der Waals surface area (Å²) >= 11 is 0. The highest BCUT2D eigenvalue weighted by Gasteiger charge is 2.29. The summed E-state index contributed by atoms with van der Waals surface area (Å²) in [6, 6.07) is 15.9. The van der Waals surface area contributed by atoms with Crippen LogP contribution >= 0.6 is 0 Å². The number of carbonyl (C=O) groups is 3. The highest BCUT2D eigenvalue weighted by atomic mass is 16.5. The quantitative estimate of drug-likeness (QED) is 0.521. The molecule has 0 saturated carbocycles. The molecule has 170 valence electrons. The first-order valence-corrected chi connectivity index (χ1v) is 10.9. The van der Waals surface area contributed by atoms with Gasteiger partial charge in [0.1, 0.15) is 6.61 Å². The van der Waals surface area contributed by atoms with Gasteiger partial charge in [0, 0.05) is 31.3 Å². The molecule has 1 aliphatic carbocycles. The Morgan fingerprint density at radius 1 is 0.969 bits per heavy atom. The van der Waals surface area contributed by atoms with E-state index in [1.165, 1.54) is 11.1 Å². The summed E-state index contributed by atoms with van der Waals surface area (Å²) in [4.78, 5) is 35.0. The molecule has 1 unspecified atom stereocenters. The van der Waals surface area contributed by atoms with Crippen LogP contribution in [-0.2, 0) is 14.3 Å². The zero-order chi connectivity index (χ0) is 23.1. The summed E-state index contributed by atoms with van der Waals surface area (Å²) in [6.07, 6.45) is 0.238. The van der Waals surface area contributed by atoms with Crippen molar-refractivity contribution < 1.29 is 24.2 Å². The van der Waals surface area contributed by atoms with Crippen molar-refractivity contribution >= 4 is 18.0 Å². The molecule has 2 aromatic rings. The van der Waals surface area contributed by atoms with E-state index in [4.69, 9.17) is 9.84 Å². The van der Waals surface area contributed by atoms with E-state index in [1.807, 2.05) is 31.2 Å². The highest BCUT2D eigenvalue weighted by Crippen LogP contribution is 2.44. The Kier molecular flexibility index (Phi) is 7.87. The van der Waals surface area contributed by atoms with Crippen molar-refractivity contribution in [1.82, 2.24) is 10.6 Å². The first-order valence-electron chi connectivity index (χ1n) is 10.9. The van der Waals surface area contributed by atoms with Crippen LogP contribution in [0.15, 0.2) is 48.5 Å². The van der Waals surface area contributed by atoms with Gasteiger partial charge in [0.05, 0.1) is 0 Å². The van der Waals surface area contributed by atoms with Crippen molar-refractivity contribution in [2.45, 2.75) is 45.1 Å². The largest absolute Gasteiger partial charge is 0.481 e. The number of alkyl carbamates (subject to hydrolysis) is 1. The molecular weight excluding hydrogens is 408 g/mol. The molecule has 32 heavy (non-hydrogen) atoms. The monoisotopic (exact) mass is 438 g/mol. The minimum atomic E-state index is -0.843. The molecule has 7 heteroatoms. The number of fused-ring (bicyclic) bond motifs is 3. The topological polar surface area (TPSA) is 105 Å². The number of carbonyl (C=O) groups excluding carboxylic acids is 2. The second-order valence-electron chi connectivity index (χ2n) is 8.42. The molecule has 0 aromatic heterocycles. The maximum Gasteiger partial charge on any atom is 0.407 e. The Balaban J connectivity index is 1.43. The molecular formula is C25H30N2O5. The van der Waals surface area contributed by atoms with Crippen molar-refractivity contribution in [1.29, 1.82) is 0 Å². The molecule has 0 aliphatic heterocycles. The Bertz CT molecular complexity index is 929. The summed E-state index contributed by atoms with van der Waals surface area (Å²) in [5, 5.41) is 14.2. The first kappa shape index (κ1) is 23.3. The van der Waals surface area contributed by atoms with Gasteiger partial charge in [-0.15, -0.1) is 0 Å². The molecule has 0 spiro atoms. The smallest absolute Gasteiger partial charge is 0.407 e. The third-order valence-electron chi connectivity index (χ3n) is 5.68. The fraction of sp³-hybridized carbons (Fsp3) is 0.400. The van der Waals surface area contributed by atoms with Crippen LogP contribution in [0.25, 0.3) is 11.1 Å². The summed E-state index contributed by atoms with van der Waals surface area (Å²) < 4.78 is 5.50. The number of hydrogen-bond donors (Lipinski definition) is 3. The lowest BCUT2D eigenvalue weighted by molar-refractivity contribution is -0.138. The van der Waals surface area contributed by atoms with Gasteiger partial charge in [0.15, 0.2) is 0 Å². The fourth-order valence-electron chi connectivity index (χ4n) is 4.10.